The number of rotatable bonds is 3. The molecule has 3 heteroatoms. The van der Waals surface area contributed by atoms with E-state index in [1.807, 2.05) is 6.92 Å². The number of phenolic OH excluding ortho intramolecular Hbond substituents is 1. The summed E-state index contributed by atoms with van der Waals surface area (Å²) in [5.74, 6) is -0.869. The molecule has 2 nitrogen and oxygen atoms in total. The van der Waals surface area contributed by atoms with Crippen molar-refractivity contribution in [1.82, 2.24) is 0 Å². The van der Waals surface area contributed by atoms with E-state index in [0.29, 0.717) is 0 Å². The summed E-state index contributed by atoms with van der Waals surface area (Å²) < 4.78 is 12.8. The second-order valence-corrected chi connectivity index (χ2v) is 3.30. The number of halogens is 1. The Morgan fingerprint density at radius 3 is 2.77 bits per heavy atom. The topological polar surface area (TPSA) is 46.2 Å². The standard InChI is InChI=1S/C10H14FNO/c1-7(12)2-3-8-4-5-10(13)9(11)6-8/h4-7,13H,2-3,12H2,1H3/t7-/m1/s1. The van der Waals surface area contributed by atoms with Crippen LogP contribution in [0.15, 0.2) is 18.2 Å². The van der Waals surface area contributed by atoms with E-state index in [0.717, 1.165) is 18.4 Å². The summed E-state index contributed by atoms with van der Waals surface area (Å²) in [6.07, 6.45) is 1.57. The van der Waals surface area contributed by atoms with Gasteiger partial charge in [0.15, 0.2) is 11.6 Å². The Balaban J connectivity index is 2.63. The van der Waals surface area contributed by atoms with Gasteiger partial charge in [-0.05, 0) is 37.5 Å². The van der Waals surface area contributed by atoms with Crippen molar-refractivity contribution in [3.8, 4) is 5.75 Å². The molecule has 1 aromatic carbocycles. The third kappa shape index (κ3) is 3.03. The SMILES string of the molecule is C[C@@H](N)CCc1ccc(O)c(F)c1. The van der Waals surface area contributed by atoms with E-state index in [2.05, 4.69) is 0 Å². The van der Waals surface area contributed by atoms with Crippen LogP contribution < -0.4 is 5.73 Å². The van der Waals surface area contributed by atoms with Gasteiger partial charge in [-0.3, -0.25) is 0 Å². The quantitative estimate of drug-likeness (QED) is 0.750. The van der Waals surface area contributed by atoms with Crippen molar-refractivity contribution in [2.24, 2.45) is 5.73 Å². The lowest BCUT2D eigenvalue weighted by Gasteiger charge is -2.05. The number of aryl methyl sites for hydroxylation is 1. The molecule has 0 spiro atoms. The highest BCUT2D eigenvalue weighted by atomic mass is 19.1. The number of phenols is 1. The number of nitrogens with two attached hydrogens (primary N) is 1. The average molecular weight is 183 g/mol. The molecular weight excluding hydrogens is 169 g/mol. The number of aromatic hydroxyl groups is 1. The third-order valence-electron chi connectivity index (χ3n) is 1.90. The maximum Gasteiger partial charge on any atom is 0.165 e. The van der Waals surface area contributed by atoms with Gasteiger partial charge >= 0.3 is 0 Å². The highest BCUT2D eigenvalue weighted by Crippen LogP contribution is 2.17. The van der Waals surface area contributed by atoms with Crippen LogP contribution in [0, 0.1) is 5.82 Å². The summed E-state index contributed by atoms with van der Waals surface area (Å²) in [7, 11) is 0. The van der Waals surface area contributed by atoms with Gasteiger partial charge < -0.3 is 10.8 Å². The largest absolute Gasteiger partial charge is 0.505 e. The zero-order valence-electron chi connectivity index (χ0n) is 7.63. The molecule has 0 heterocycles. The fraction of sp³-hybridized carbons (Fsp3) is 0.400. The predicted molar refractivity (Wildman–Crippen MR) is 50.0 cm³/mol. The Kier molecular flexibility index (Phi) is 3.25. The lowest BCUT2D eigenvalue weighted by molar-refractivity contribution is 0.431. The molecule has 0 radical (unpaired) electrons. The van der Waals surface area contributed by atoms with E-state index >= 15 is 0 Å². The summed E-state index contributed by atoms with van der Waals surface area (Å²) >= 11 is 0. The minimum atomic E-state index is -0.567. The molecule has 0 aliphatic rings. The smallest absolute Gasteiger partial charge is 0.165 e. The molecule has 0 fully saturated rings. The maximum absolute atomic E-state index is 12.8. The highest BCUT2D eigenvalue weighted by molar-refractivity contribution is 5.28. The molecule has 0 amide bonds. The molecule has 0 aliphatic heterocycles. The van der Waals surface area contributed by atoms with Crippen molar-refractivity contribution in [2.75, 3.05) is 0 Å². The monoisotopic (exact) mass is 183 g/mol. The minimum absolute atomic E-state index is 0.122. The highest BCUT2D eigenvalue weighted by Gasteiger charge is 2.02. The van der Waals surface area contributed by atoms with Gasteiger partial charge in [-0.1, -0.05) is 6.07 Å². The van der Waals surface area contributed by atoms with Crippen molar-refractivity contribution in [1.29, 1.82) is 0 Å². The first-order valence-corrected chi connectivity index (χ1v) is 4.32. The van der Waals surface area contributed by atoms with Gasteiger partial charge in [0.2, 0.25) is 0 Å². The lowest BCUT2D eigenvalue weighted by Crippen LogP contribution is -2.15. The van der Waals surface area contributed by atoms with Gasteiger partial charge in [0.25, 0.3) is 0 Å². The molecule has 0 saturated carbocycles. The Morgan fingerprint density at radius 1 is 1.54 bits per heavy atom. The molecule has 3 N–H and O–H groups in total. The summed E-state index contributed by atoms with van der Waals surface area (Å²) in [5, 5.41) is 8.92. The van der Waals surface area contributed by atoms with E-state index in [9.17, 15) is 4.39 Å². The van der Waals surface area contributed by atoms with Crippen LogP contribution in [-0.4, -0.2) is 11.1 Å². The fourth-order valence-electron chi connectivity index (χ4n) is 1.10. The van der Waals surface area contributed by atoms with E-state index in [1.54, 1.807) is 6.07 Å². The van der Waals surface area contributed by atoms with Crippen molar-refractivity contribution in [3.05, 3.63) is 29.6 Å². The fourth-order valence-corrected chi connectivity index (χ4v) is 1.10. The van der Waals surface area contributed by atoms with Crippen LogP contribution >= 0.6 is 0 Å². The van der Waals surface area contributed by atoms with Crippen molar-refractivity contribution >= 4 is 0 Å². The van der Waals surface area contributed by atoms with Crippen LogP contribution in [0.3, 0.4) is 0 Å². The normalized spacial score (nSPS) is 12.8. The second-order valence-electron chi connectivity index (χ2n) is 3.30. The average Bonchev–Trinajstić information content (AvgIpc) is 2.07. The first-order chi connectivity index (χ1) is 6.09. The molecule has 1 aromatic rings. The Labute approximate surface area is 77.2 Å². The number of benzene rings is 1. The Bertz CT molecular complexity index is 286. The Morgan fingerprint density at radius 2 is 2.23 bits per heavy atom. The minimum Gasteiger partial charge on any atom is -0.505 e. The molecule has 1 atom stereocenters. The summed E-state index contributed by atoms with van der Waals surface area (Å²) in [5.41, 5.74) is 6.43. The summed E-state index contributed by atoms with van der Waals surface area (Å²) in [6.45, 7) is 1.91. The first kappa shape index (κ1) is 9.99. The van der Waals surface area contributed by atoms with Gasteiger partial charge in [-0.2, -0.15) is 0 Å². The van der Waals surface area contributed by atoms with Gasteiger partial charge in [-0.15, -0.1) is 0 Å². The van der Waals surface area contributed by atoms with Gasteiger partial charge in [-0.25, -0.2) is 4.39 Å². The Hall–Kier alpha value is -1.09. The van der Waals surface area contributed by atoms with Gasteiger partial charge in [0.1, 0.15) is 0 Å². The molecule has 0 unspecified atom stereocenters. The van der Waals surface area contributed by atoms with Gasteiger partial charge in [0, 0.05) is 6.04 Å². The summed E-state index contributed by atoms with van der Waals surface area (Å²) in [4.78, 5) is 0. The molecule has 72 valence electrons. The van der Waals surface area contributed by atoms with Crippen LogP contribution in [0.5, 0.6) is 5.75 Å². The molecule has 0 aromatic heterocycles. The molecular formula is C10H14FNO. The maximum atomic E-state index is 12.8. The summed E-state index contributed by atoms with van der Waals surface area (Å²) in [6, 6.07) is 4.54. The zero-order valence-corrected chi connectivity index (χ0v) is 7.63. The van der Waals surface area contributed by atoms with Gasteiger partial charge in [0.05, 0.1) is 0 Å². The lowest BCUT2D eigenvalue weighted by atomic mass is 10.1. The molecule has 0 aliphatic carbocycles. The van der Waals surface area contributed by atoms with E-state index in [-0.39, 0.29) is 11.8 Å². The van der Waals surface area contributed by atoms with E-state index in [4.69, 9.17) is 10.8 Å². The molecule has 1 rings (SSSR count). The van der Waals surface area contributed by atoms with E-state index < -0.39 is 5.82 Å². The molecule has 0 saturated heterocycles. The zero-order chi connectivity index (χ0) is 9.84. The van der Waals surface area contributed by atoms with Crippen molar-refractivity contribution < 1.29 is 9.50 Å². The predicted octanol–water partition coefficient (Wildman–Crippen LogP) is 1.81. The molecule has 0 bridgehead atoms. The van der Waals surface area contributed by atoms with Crippen LogP contribution in [0.4, 0.5) is 4.39 Å². The van der Waals surface area contributed by atoms with E-state index in [1.165, 1.54) is 12.1 Å². The molecule has 13 heavy (non-hydrogen) atoms. The number of hydrogen-bond donors (Lipinski definition) is 2. The van der Waals surface area contributed by atoms with Crippen LogP contribution in [0.2, 0.25) is 0 Å². The second kappa shape index (κ2) is 4.23. The first-order valence-electron chi connectivity index (χ1n) is 4.32. The van der Waals surface area contributed by atoms with Crippen LogP contribution in [-0.2, 0) is 6.42 Å². The van der Waals surface area contributed by atoms with Crippen molar-refractivity contribution in [3.63, 3.8) is 0 Å². The van der Waals surface area contributed by atoms with Crippen molar-refractivity contribution in [2.45, 2.75) is 25.8 Å². The number of hydrogen-bond acceptors (Lipinski definition) is 2. The third-order valence-corrected chi connectivity index (χ3v) is 1.90. The van der Waals surface area contributed by atoms with Crippen LogP contribution in [0.25, 0.3) is 0 Å². The van der Waals surface area contributed by atoms with Crippen LogP contribution in [0.1, 0.15) is 18.9 Å².